The van der Waals surface area contributed by atoms with Crippen molar-refractivity contribution < 1.29 is 23.9 Å². The van der Waals surface area contributed by atoms with Crippen molar-refractivity contribution in [3.05, 3.63) is 117 Å². The second-order valence-corrected chi connectivity index (χ2v) is 13.4. The predicted octanol–water partition coefficient (Wildman–Crippen LogP) is 7.64. The highest BCUT2D eigenvalue weighted by Crippen LogP contribution is 2.37. The van der Waals surface area contributed by atoms with Crippen molar-refractivity contribution in [2.75, 3.05) is 23.5 Å². The molecule has 1 aliphatic carbocycles. The van der Waals surface area contributed by atoms with Crippen molar-refractivity contribution in [3.63, 3.8) is 0 Å². The van der Waals surface area contributed by atoms with Gasteiger partial charge in [-0.2, -0.15) is 0 Å². The highest BCUT2D eigenvalue weighted by atomic mass is 32.2. The van der Waals surface area contributed by atoms with Crippen molar-refractivity contribution in [2.45, 2.75) is 50.3 Å². The van der Waals surface area contributed by atoms with Gasteiger partial charge >= 0.3 is 5.97 Å². The molecule has 1 aliphatic rings. The summed E-state index contributed by atoms with van der Waals surface area (Å²) in [6.07, 6.45) is 7.69. The van der Waals surface area contributed by atoms with Gasteiger partial charge < -0.3 is 20.7 Å². The van der Waals surface area contributed by atoms with E-state index in [0.29, 0.717) is 21.8 Å². The van der Waals surface area contributed by atoms with Gasteiger partial charge in [0.15, 0.2) is 0 Å². The maximum absolute atomic E-state index is 13.5. The highest BCUT2D eigenvalue weighted by Gasteiger charge is 2.26. The van der Waals surface area contributed by atoms with E-state index in [1.807, 2.05) is 43.3 Å². The van der Waals surface area contributed by atoms with Crippen molar-refractivity contribution in [1.29, 1.82) is 0 Å². The molecule has 0 bridgehead atoms. The number of hydrogen-bond acceptors (Lipinski definition) is 7. The number of thiophene rings is 1. The summed E-state index contributed by atoms with van der Waals surface area (Å²) >= 11 is 2.78. The molecule has 1 aromatic heterocycles. The standard InChI is InChI=1S/C37H37N3O5S2/c1-24-12-10-13-25(20-24)21-30(39-34(42)26-14-6-5-7-15-26)35(43)38-27-16-11-17-28(22-27)46-23-32(41)40-36-33(37(44)45-2)29-18-8-3-4-9-19-31(29)47-36/h5-7,10-17,20-22H,3-4,8-9,18-19,23H2,1-2H3,(H,38,43)(H,39,42)(H,40,41)/b30-21+. The fourth-order valence-electron chi connectivity index (χ4n) is 5.37. The number of ether oxygens (including phenoxy) is 1. The van der Waals surface area contributed by atoms with Crippen LogP contribution in [0.4, 0.5) is 10.7 Å². The SMILES string of the molecule is COC(=O)c1c(NC(=O)CSc2cccc(NC(=O)/C(=C\c3cccc(C)c3)NC(=O)c3ccccc3)c2)sc2c1CCCCCC2. The third kappa shape index (κ3) is 9.21. The topological polar surface area (TPSA) is 114 Å². The average molecular weight is 668 g/mol. The molecule has 8 nitrogen and oxygen atoms in total. The molecule has 3 aromatic carbocycles. The van der Waals surface area contributed by atoms with E-state index in [2.05, 4.69) is 16.0 Å². The van der Waals surface area contributed by atoms with Gasteiger partial charge in [0.25, 0.3) is 11.8 Å². The third-order valence-corrected chi connectivity index (χ3v) is 9.86. The number of carbonyl (C=O) groups excluding carboxylic acids is 4. The number of thioether (sulfide) groups is 1. The Bertz CT molecular complexity index is 1800. The van der Waals surface area contributed by atoms with E-state index < -0.39 is 17.8 Å². The number of hydrogen-bond donors (Lipinski definition) is 3. The van der Waals surface area contributed by atoms with Crippen molar-refractivity contribution in [2.24, 2.45) is 0 Å². The smallest absolute Gasteiger partial charge is 0.341 e. The number of carbonyl (C=O) groups is 4. The fourth-order valence-corrected chi connectivity index (χ4v) is 7.42. The van der Waals surface area contributed by atoms with E-state index in [1.165, 1.54) is 30.2 Å². The maximum Gasteiger partial charge on any atom is 0.341 e. The molecular weight excluding hydrogens is 631 g/mol. The second kappa shape index (κ2) is 16.2. The van der Waals surface area contributed by atoms with E-state index in [-0.39, 0.29) is 17.4 Å². The number of methoxy groups -OCH3 is 1. The van der Waals surface area contributed by atoms with Crippen LogP contribution in [0.3, 0.4) is 0 Å². The number of nitrogens with one attached hydrogen (secondary N) is 3. The number of esters is 1. The van der Waals surface area contributed by atoms with Gasteiger partial charge in [0.2, 0.25) is 5.91 Å². The minimum atomic E-state index is -0.487. The monoisotopic (exact) mass is 667 g/mol. The van der Waals surface area contributed by atoms with E-state index in [0.717, 1.165) is 65.0 Å². The number of anilines is 2. The largest absolute Gasteiger partial charge is 0.465 e. The van der Waals surface area contributed by atoms with Crippen LogP contribution >= 0.6 is 23.1 Å². The van der Waals surface area contributed by atoms with E-state index in [1.54, 1.807) is 48.5 Å². The van der Waals surface area contributed by atoms with Crippen LogP contribution in [0.25, 0.3) is 6.08 Å². The van der Waals surface area contributed by atoms with Crippen molar-refractivity contribution in [3.8, 4) is 0 Å². The third-order valence-electron chi connectivity index (χ3n) is 7.66. The summed E-state index contributed by atoms with van der Waals surface area (Å²) in [5.74, 6) is -1.45. The number of rotatable bonds is 10. The second-order valence-electron chi connectivity index (χ2n) is 11.2. The van der Waals surface area contributed by atoms with E-state index in [9.17, 15) is 19.2 Å². The van der Waals surface area contributed by atoms with E-state index in [4.69, 9.17) is 4.74 Å². The van der Waals surface area contributed by atoms with Gasteiger partial charge in [0, 0.05) is 21.0 Å². The maximum atomic E-state index is 13.5. The molecule has 0 atom stereocenters. The number of benzene rings is 3. The van der Waals surface area contributed by atoms with Gasteiger partial charge in [-0.05, 0) is 80.1 Å². The molecule has 47 heavy (non-hydrogen) atoms. The van der Waals surface area contributed by atoms with Gasteiger partial charge in [-0.1, -0.05) is 66.9 Å². The summed E-state index contributed by atoms with van der Waals surface area (Å²) in [7, 11) is 1.36. The molecule has 0 saturated carbocycles. The summed E-state index contributed by atoms with van der Waals surface area (Å²) in [5.41, 5.74) is 4.30. The van der Waals surface area contributed by atoms with Gasteiger partial charge in [-0.3, -0.25) is 14.4 Å². The molecule has 3 N–H and O–H groups in total. The summed E-state index contributed by atoms with van der Waals surface area (Å²) < 4.78 is 5.08. The van der Waals surface area contributed by atoms with Crippen LogP contribution in [-0.4, -0.2) is 36.6 Å². The molecule has 0 spiro atoms. The van der Waals surface area contributed by atoms with Crippen LogP contribution in [-0.2, 0) is 27.2 Å². The minimum absolute atomic E-state index is 0.0911. The highest BCUT2D eigenvalue weighted by molar-refractivity contribution is 8.00. The first kappa shape index (κ1) is 33.7. The zero-order chi connectivity index (χ0) is 33.2. The Kier molecular flexibility index (Phi) is 11.6. The fraction of sp³-hybridized carbons (Fsp3) is 0.243. The quantitative estimate of drug-likeness (QED) is 0.0910. The lowest BCUT2D eigenvalue weighted by Crippen LogP contribution is -2.30. The lowest BCUT2D eigenvalue weighted by molar-refractivity contribution is -0.114. The Morgan fingerprint density at radius 2 is 1.64 bits per heavy atom. The minimum Gasteiger partial charge on any atom is -0.465 e. The van der Waals surface area contributed by atoms with Crippen LogP contribution in [0.15, 0.2) is 89.5 Å². The summed E-state index contributed by atoms with van der Waals surface area (Å²) in [6.45, 7) is 1.96. The lowest BCUT2D eigenvalue weighted by Gasteiger charge is -2.12. The van der Waals surface area contributed by atoms with Crippen LogP contribution in [0.1, 0.15) is 68.0 Å². The molecule has 5 rings (SSSR count). The molecule has 10 heteroatoms. The normalized spacial score (nSPS) is 13.0. The predicted molar refractivity (Wildman–Crippen MR) is 189 cm³/mol. The summed E-state index contributed by atoms with van der Waals surface area (Å²) in [6, 6.07) is 23.5. The molecule has 0 radical (unpaired) electrons. The average Bonchev–Trinajstić information content (AvgIpc) is 3.38. The summed E-state index contributed by atoms with van der Waals surface area (Å²) in [4.78, 5) is 54.2. The van der Waals surface area contributed by atoms with Gasteiger partial charge in [-0.25, -0.2) is 4.79 Å². The van der Waals surface area contributed by atoms with Gasteiger partial charge in [0.1, 0.15) is 10.7 Å². The Labute approximate surface area is 283 Å². The Balaban J connectivity index is 1.27. The Morgan fingerprint density at radius 1 is 0.872 bits per heavy atom. The van der Waals surface area contributed by atoms with Crippen LogP contribution < -0.4 is 16.0 Å². The first-order valence-electron chi connectivity index (χ1n) is 15.5. The lowest BCUT2D eigenvalue weighted by atomic mass is 9.96. The molecule has 4 aromatic rings. The zero-order valence-electron chi connectivity index (χ0n) is 26.4. The summed E-state index contributed by atoms with van der Waals surface area (Å²) in [5, 5.41) is 9.14. The van der Waals surface area contributed by atoms with Crippen molar-refractivity contribution >= 4 is 63.6 Å². The number of amides is 3. The number of aryl methyl sites for hydroxylation is 2. The van der Waals surface area contributed by atoms with E-state index >= 15 is 0 Å². The molecule has 0 saturated heterocycles. The van der Waals surface area contributed by atoms with Crippen LogP contribution in [0.5, 0.6) is 0 Å². The molecule has 3 amide bonds. The molecular formula is C37H37N3O5S2. The van der Waals surface area contributed by atoms with Gasteiger partial charge in [0.05, 0.1) is 18.4 Å². The first-order chi connectivity index (χ1) is 22.8. The molecule has 0 aliphatic heterocycles. The molecule has 1 heterocycles. The molecule has 0 unspecified atom stereocenters. The molecule has 242 valence electrons. The van der Waals surface area contributed by atoms with Crippen molar-refractivity contribution in [1.82, 2.24) is 5.32 Å². The Hall–Kier alpha value is -4.67. The zero-order valence-corrected chi connectivity index (χ0v) is 28.0. The van der Waals surface area contributed by atoms with Gasteiger partial charge in [-0.15, -0.1) is 23.1 Å². The van der Waals surface area contributed by atoms with Crippen LogP contribution in [0, 0.1) is 6.92 Å². The molecule has 0 fully saturated rings. The van der Waals surface area contributed by atoms with Crippen LogP contribution in [0.2, 0.25) is 0 Å². The first-order valence-corrected chi connectivity index (χ1v) is 17.3. The Morgan fingerprint density at radius 3 is 2.40 bits per heavy atom. The number of fused-ring (bicyclic) bond motifs is 1.